The molecule has 59 heavy (non-hydrogen) atoms. The van der Waals surface area contributed by atoms with Crippen molar-refractivity contribution in [2.45, 2.75) is 0 Å². The number of fused-ring (bicyclic) bond motifs is 16. The number of hydrogen-bond acceptors (Lipinski definition) is 2. The van der Waals surface area contributed by atoms with E-state index in [0.717, 1.165) is 50.3 Å². The molecule has 0 bridgehead atoms. The first kappa shape index (κ1) is 31.1. The van der Waals surface area contributed by atoms with Gasteiger partial charge in [0.2, 0.25) is 0 Å². The van der Waals surface area contributed by atoms with Crippen molar-refractivity contribution >= 4 is 104 Å². The Hall–Kier alpha value is -8.02. The van der Waals surface area contributed by atoms with E-state index in [0.29, 0.717) is 0 Å². The van der Waals surface area contributed by atoms with Gasteiger partial charge in [0.05, 0.1) is 49.7 Å². The summed E-state index contributed by atoms with van der Waals surface area (Å²) in [6, 6.07) is 67.9. The van der Waals surface area contributed by atoms with E-state index in [2.05, 4.69) is 196 Å². The van der Waals surface area contributed by atoms with Crippen LogP contribution >= 0.6 is 0 Å². The summed E-state index contributed by atoms with van der Waals surface area (Å²) in [7, 11) is 0. The Morgan fingerprint density at radius 3 is 1.76 bits per heavy atom. The van der Waals surface area contributed by atoms with Crippen LogP contribution in [0.25, 0.3) is 126 Å². The molecule has 272 valence electrons. The fourth-order valence-corrected chi connectivity index (χ4v) is 10.3. The molecule has 5 nitrogen and oxygen atoms in total. The molecule has 5 heteroatoms. The first-order chi connectivity index (χ1) is 29.3. The van der Waals surface area contributed by atoms with Crippen molar-refractivity contribution in [2.75, 3.05) is 0 Å². The molecule has 0 saturated heterocycles. The molecule has 0 radical (unpaired) electrons. The second-order valence-corrected chi connectivity index (χ2v) is 15.7. The maximum atomic E-state index is 5.57. The highest BCUT2D eigenvalue weighted by Gasteiger charge is 2.27. The number of aromatic nitrogens is 5. The molecule has 0 aliphatic rings. The van der Waals surface area contributed by atoms with Crippen LogP contribution in [-0.4, -0.2) is 23.5 Å². The lowest BCUT2D eigenvalue weighted by Crippen LogP contribution is -2.04. The number of rotatable bonds is 3. The zero-order valence-electron chi connectivity index (χ0n) is 31.6. The van der Waals surface area contributed by atoms with Crippen LogP contribution in [0.15, 0.2) is 188 Å². The van der Waals surface area contributed by atoms with E-state index < -0.39 is 0 Å². The molecule has 9 aromatic carbocycles. The van der Waals surface area contributed by atoms with Gasteiger partial charge in [-0.1, -0.05) is 133 Å². The van der Waals surface area contributed by atoms with E-state index in [9.17, 15) is 0 Å². The lowest BCUT2D eigenvalue weighted by Gasteiger charge is -2.14. The Kier molecular flexibility index (Phi) is 5.96. The average Bonchev–Trinajstić information content (AvgIpc) is 4.02. The molecule has 0 aliphatic carbocycles. The molecule has 0 fully saturated rings. The summed E-state index contributed by atoms with van der Waals surface area (Å²) in [5, 5.41) is 12.3. The van der Waals surface area contributed by atoms with E-state index in [1.54, 1.807) is 0 Å². The Labute approximate surface area is 336 Å². The maximum absolute atomic E-state index is 5.57. The van der Waals surface area contributed by atoms with Gasteiger partial charge < -0.3 is 8.97 Å². The predicted octanol–water partition coefficient (Wildman–Crippen LogP) is 13.8. The molecule has 0 N–H and O–H groups in total. The highest BCUT2D eigenvalue weighted by Crippen LogP contribution is 2.48. The van der Waals surface area contributed by atoms with Crippen LogP contribution in [0, 0.1) is 0 Å². The SMILES string of the molecule is c1ccc(-n2c3ccccc3c3ccc(-c4nc5ccccc5nc4-n4c5ccccc5c5c6c7ccccc7n7c8c9ccccc9ccc8c(cc54)c67)cc32)cc1. The number of para-hydroxylation sites is 6. The van der Waals surface area contributed by atoms with Gasteiger partial charge in [-0.05, 0) is 60.0 Å². The van der Waals surface area contributed by atoms with Crippen LogP contribution in [0.1, 0.15) is 0 Å². The highest BCUT2D eigenvalue weighted by molar-refractivity contribution is 6.37. The van der Waals surface area contributed by atoms with Gasteiger partial charge in [-0.3, -0.25) is 4.57 Å². The molecule has 14 rings (SSSR count). The van der Waals surface area contributed by atoms with Crippen molar-refractivity contribution in [2.24, 2.45) is 0 Å². The van der Waals surface area contributed by atoms with Crippen LogP contribution in [0.3, 0.4) is 0 Å². The quantitative estimate of drug-likeness (QED) is 0.180. The van der Waals surface area contributed by atoms with Crippen LogP contribution in [0.2, 0.25) is 0 Å². The van der Waals surface area contributed by atoms with Gasteiger partial charge in [-0.2, -0.15) is 0 Å². The van der Waals surface area contributed by atoms with Crippen molar-refractivity contribution in [3.63, 3.8) is 0 Å². The largest absolute Gasteiger partial charge is 0.309 e. The Morgan fingerprint density at radius 1 is 0.339 bits per heavy atom. The third-order valence-corrected chi connectivity index (χ3v) is 12.7. The number of hydrogen-bond donors (Lipinski definition) is 0. The van der Waals surface area contributed by atoms with Crippen LogP contribution in [0.4, 0.5) is 0 Å². The second-order valence-electron chi connectivity index (χ2n) is 15.7. The van der Waals surface area contributed by atoms with Gasteiger partial charge in [0.1, 0.15) is 5.69 Å². The van der Waals surface area contributed by atoms with Crippen LogP contribution in [0.5, 0.6) is 0 Å². The topological polar surface area (TPSA) is 40.0 Å². The summed E-state index contributed by atoms with van der Waals surface area (Å²) >= 11 is 0. The molecular weight excluding hydrogens is 719 g/mol. The third kappa shape index (κ3) is 4.03. The van der Waals surface area contributed by atoms with Crippen LogP contribution < -0.4 is 0 Å². The Bertz CT molecular complexity index is 4070. The van der Waals surface area contributed by atoms with E-state index >= 15 is 0 Å². The Balaban J connectivity index is 1.15. The van der Waals surface area contributed by atoms with E-state index in [4.69, 9.17) is 9.97 Å². The zero-order valence-corrected chi connectivity index (χ0v) is 31.6. The van der Waals surface area contributed by atoms with E-state index in [-0.39, 0.29) is 0 Å². The van der Waals surface area contributed by atoms with E-state index in [1.807, 2.05) is 6.07 Å². The summed E-state index contributed by atoms with van der Waals surface area (Å²) in [5.41, 5.74) is 12.9. The molecule has 0 amide bonds. The summed E-state index contributed by atoms with van der Waals surface area (Å²) in [6.07, 6.45) is 0. The molecule has 0 atom stereocenters. The molecule has 5 heterocycles. The van der Waals surface area contributed by atoms with Gasteiger partial charge in [0.25, 0.3) is 0 Å². The number of benzene rings is 9. The molecule has 0 spiro atoms. The summed E-state index contributed by atoms with van der Waals surface area (Å²) < 4.78 is 7.28. The van der Waals surface area contributed by atoms with Crippen molar-refractivity contribution in [3.05, 3.63) is 188 Å². The molecule has 5 aromatic heterocycles. The fraction of sp³-hybridized carbons (Fsp3) is 0. The molecule has 0 unspecified atom stereocenters. The summed E-state index contributed by atoms with van der Waals surface area (Å²) in [6.45, 7) is 0. The van der Waals surface area contributed by atoms with E-state index in [1.165, 1.54) is 75.9 Å². The molecule has 14 aromatic rings. The van der Waals surface area contributed by atoms with Crippen molar-refractivity contribution in [3.8, 4) is 22.8 Å². The average molecular weight is 750 g/mol. The summed E-state index contributed by atoms with van der Waals surface area (Å²) in [4.78, 5) is 11.1. The minimum atomic E-state index is 0.809. The first-order valence-electron chi connectivity index (χ1n) is 20.2. The third-order valence-electron chi connectivity index (χ3n) is 12.7. The van der Waals surface area contributed by atoms with Crippen molar-refractivity contribution in [1.29, 1.82) is 0 Å². The molecule has 0 saturated carbocycles. The minimum absolute atomic E-state index is 0.809. The van der Waals surface area contributed by atoms with Gasteiger partial charge in [-0.15, -0.1) is 0 Å². The highest BCUT2D eigenvalue weighted by atomic mass is 15.1. The predicted molar refractivity (Wildman–Crippen MR) is 246 cm³/mol. The lowest BCUT2D eigenvalue weighted by atomic mass is 10.0. The van der Waals surface area contributed by atoms with Crippen molar-refractivity contribution in [1.82, 2.24) is 23.5 Å². The lowest BCUT2D eigenvalue weighted by molar-refractivity contribution is 1.08. The molecular formula is C54H31N5. The monoisotopic (exact) mass is 749 g/mol. The van der Waals surface area contributed by atoms with Gasteiger partial charge in [0.15, 0.2) is 5.82 Å². The maximum Gasteiger partial charge on any atom is 0.165 e. The van der Waals surface area contributed by atoms with Crippen molar-refractivity contribution < 1.29 is 0 Å². The smallest absolute Gasteiger partial charge is 0.165 e. The standard InChI is InChI=1S/C54H31N5/c1-2-15-34(16-3-1)57-44-23-11-6-18-36(44)37-28-27-33(30-47(37)57)51-54(56-43-22-10-9-21-42(43)55-51)58-45-24-12-7-19-39(45)49-48(58)31-41-38-29-26-32-14-4-5-17-35(32)52(38)59-46-25-13-8-20-40(46)50(49)53(41)59/h1-31H. The second kappa shape index (κ2) is 11.3. The Morgan fingerprint density at radius 2 is 0.949 bits per heavy atom. The minimum Gasteiger partial charge on any atom is -0.309 e. The summed E-state index contributed by atoms with van der Waals surface area (Å²) in [5.74, 6) is 0.809. The fourth-order valence-electron chi connectivity index (χ4n) is 10.3. The normalized spacial score (nSPS) is 12.4. The first-order valence-corrected chi connectivity index (χ1v) is 20.2. The van der Waals surface area contributed by atoms with Gasteiger partial charge in [0, 0.05) is 59.7 Å². The van der Waals surface area contributed by atoms with Crippen LogP contribution in [-0.2, 0) is 0 Å². The zero-order chi connectivity index (χ0) is 38.3. The van der Waals surface area contributed by atoms with Gasteiger partial charge in [-0.25, -0.2) is 9.97 Å². The van der Waals surface area contributed by atoms with Gasteiger partial charge >= 0.3 is 0 Å². The number of nitrogens with zero attached hydrogens (tertiary/aromatic N) is 5. The molecule has 0 aliphatic heterocycles.